The fourth-order valence-electron chi connectivity index (χ4n) is 2.59. The highest BCUT2D eigenvalue weighted by Gasteiger charge is 2.20. The van der Waals surface area contributed by atoms with Crippen molar-refractivity contribution in [3.8, 4) is 5.75 Å². The van der Waals surface area contributed by atoms with Crippen LogP contribution in [0.2, 0.25) is 5.02 Å². The third kappa shape index (κ3) is 4.93. The molecule has 5 heteroatoms. The number of methoxy groups -OCH3 is 1. The molecule has 0 spiro atoms. The van der Waals surface area contributed by atoms with E-state index in [4.69, 9.17) is 16.3 Å². The van der Waals surface area contributed by atoms with Crippen LogP contribution in [0.4, 0.5) is 5.69 Å². The van der Waals surface area contributed by atoms with Crippen molar-refractivity contribution < 1.29 is 9.53 Å². The molecule has 0 fully saturated rings. The molecule has 0 unspecified atom stereocenters. The lowest BCUT2D eigenvalue weighted by atomic mass is 9.86. The van der Waals surface area contributed by atoms with E-state index in [0.29, 0.717) is 10.7 Å². The van der Waals surface area contributed by atoms with Crippen LogP contribution in [0, 0.1) is 6.92 Å². The van der Waals surface area contributed by atoms with Crippen LogP contribution in [0.1, 0.15) is 38.8 Å². The minimum atomic E-state index is -0.110. The van der Waals surface area contributed by atoms with Crippen LogP contribution in [0.25, 0.3) is 0 Å². The fourth-order valence-corrected chi connectivity index (χ4v) is 3.90. The monoisotopic (exact) mass is 377 g/mol. The van der Waals surface area contributed by atoms with Gasteiger partial charge in [-0.05, 0) is 48.2 Å². The van der Waals surface area contributed by atoms with Gasteiger partial charge in [-0.2, -0.15) is 0 Å². The van der Waals surface area contributed by atoms with Crippen molar-refractivity contribution in [3.63, 3.8) is 0 Å². The minimum Gasteiger partial charge on any atom is -0.496 e. The molecule has 0 saturated carbocycles. The molecule has 0 atom stereocenters. The van der Waals surface area contributed by atoms with E-state index in [-0.39, 0.29) is 11.3 Å². The van der Waals surface area contributed by atoms with Gasteiger partial charge in [-0.3, -0.25) is 4.79 Å². The molecule has 0 aliphatic carbocycles. The van der Waals surface area contributed by atoms with Crippen molar-refractivity contribution in [2.24, 2.45) is 0 Å². The third-order valence-corrected chi connectivity index (χ3v) is 5.39. The second kappa shape index (κ2) is 7.71. The van der Waals surface area contributed by atoms with Crippen molar-refractivity contribution in [1.82, 2.24) is 0 Å². The number of anilines is 1. The Morgan fingerprint density at radius 3 is 2.40 bits per heavy atom. The average molecular weight is 378 g/mol. The van der Waals surface area contributed by atoms with E-state index in [9.17, 15) is 4.79 Å². The van der Waals surface area contributed by atoms with Gasteiger partial charge in [-0.25, -0.2) is 0 Å². The van der Waals surface area contributed by atoms with Gasteiger partial charge in [0.25, 0.3) is 0 Å². The molecule has 0 aliphatic heterocycles. The smallest absolute Gasteiger partial charge is 0.221 e. The fraction of sp³-hybridized carbons (Fsp3) is 0.350. The summed E-state index contributed by atoms with van der Waals surface area (Å²) in [6, 6.07) is 9.91. The lowest BCUT2D eigenvalue weighted by Crippen LogP contribution is -2.12. The number of amides is 1. The molecule has 3 nitrogen and oxygen atoms in total. The predicted octanol–water partition coefficient (Wildman–Crippen LogP) is 6.06. The van der Waals surface area contributed by atoms with Crippen LogP contribution in [0.5, 0.6) is 5.75 Å². The van der Waals surface area contributed by atoms with Crippen LogP contribution < -0.4 is 10.1 Å². The molecule has 0 aliphatic rings. The van der Waals surface area contributed by atoms with Crippen LogP contribution in [0.3, 0.4) is 0 Å². The summed E-state index contributed by atoms with van der Waals surface area (Å²) in [6.45, 7) is 9.98. The van der Waals surface area contributed by atoms with Crippen LogP contribution in [-0.4, -0.2) is 13.0 Å². The Kier molecular flexibility index (Phi) is 6.07. The minimum absolute atomic E-state index is 0.0178. The highest BCUT2D eigenvalue weighted by molar-refractivity contribution is 7.99. The zero-order valence-corrected chi connectivity index (χ0v) is 17.1. The van der Waals surface area contributed by atoms with Crippen LogP contribution in [0.15, 0.2) is 40.1 Å². The van der Waals surface area contributed by atoms with E-state index < -0.39 is 0 Å². The van der Waals surface area contributed by atoms with Crippen molar-refractivity contribution in [1.29, 1.82) is 0 Å². The molecular formula is C20H24ClNO2S. The molecule has 0 radical (unpaired) electrons. The van der Waals surface area contributed by atoms with Crippen molar-refractivity contribution in [3.05, 3.63) is 46.5 Å². The number of benzene rings is 2. The normalized spacial score (nSPS) is 11.3. The zero-order valence-electron chi connectivity index (χ0n) is 15.5. The first-order valence-corrected chi connectivity index (χ1v) is 9.25. The molecule has 1 N–H and O–H groups in total. The number of halogens is 1. The van der Waals surface area contributed by atoms with E-state index in [1.807, 2.05) is 25.1 Å². The number of carbonyl (C=O) groups is 1. The van der Waals surface area contributed by atoms with Gasteiger partial charge in [-0.15, -0.1) is 0 Å². The number of rotatable bonds is 4. The quantitative estimate of drug-likeness (QED) is 0.703. The number of aryl methyl sites for hydroxylation is 1. The maximum atomic E-state index is 11.2. The second-order valence-corrected chi connectivity index (χ2v) is 8.49. The van der Waals surface area contributed by atoms with E-state index >= 15 is 0 Å². The standard InChI is InChI=1S/C20H24ClNO2S/c1-12-9-14(22-13(2)23)10-17(21)19(12)25-15-7-8-18(24-6)16(11-15)20(3,4)5/h7-11H,1-6H3,(H,22,23). The number of hydrogen-bond acceptors (Lipinski definition) is 3. The van der Waals surface area contributed by atoms with Crippen LogP contribution in [-0.2, 0) is 10.2 Å². The van der Waals surface area contributed by atoms with Gasteiger partial charge < -0.3 is 10.1 Å². The Bertz CT molecular complexity index is 774. The Labute approximate surface area is 159 Å². The largest absolute Gasteiger partial charge is 0.496 e. The van der Waals surface area contributed by atoms with Crippen molar-refractivity contribution in [2.45, 2.75) is 49.8 Å². The van der Waals surface area contributed by atoms with E-state index in [1.54, 1.807) is 24.9 Å². The molecule has 0 saturated heterocycles. The predicted molar refractivity (Wildman–Crippen MR) is 106 cm³/mol. The number of carbonyl (C=O) groups excluding carboxylic acids is 1. The molecule has 0 aromatic heterocycles. The highest BCUT2D eigenvalue weighted by atomic mass is 35.5. The number of hydrogen-bond donors (Lipinski definition) is 1. The summed E-state index contributed by atoms with van der Waals surface area (Å²) in [5, 5.41) is 3.40. The average Bonchev–Trinajstić information content (AvgIpc) is 2.49. The Morgan fingerprint density at radius 2 is 1.88 bits per heavy atom. The Morgan fingerprint density at radius 1 is 1.20 bits per heavy atom. The van der Waals surface area contributed by atoms with Gasteiger partial charge in [-0.1, -0.05) is 44.1 Å². The molecular weight excluding hydrogens is 354 g/mol. The number of ether oxygens (including phenoxy) is 1. The van der Waals surface area contributed by atoms with E-state index in [0.717, 1.165) is 26.7 Å². The first-order chi connectivity index (χ1) is 11.6. The van der Waals surface area contributed by atoms with Gasteiger partial charge in [0, 0.05) is 28.0 Å². The maximum Gasteiger partial charge on any atom is 0.221 e. The summed E-state index contributed by atoms with van der Waals surface area (Å²) in [4.78, 5) is 13.3. The highest BCUT2D eigenvalue weighted by Crippen LogP contribution is 2.41. The third-order valence-electron chi connectivity index (χ3n) is 3.75. The molecule has 2 aromatic rings. The summed E-state index contributed by atoms with van der Waals surface area (Å²) in [7, 11) is 1.69. The molecule has 2 aromatic carbocycles. The van der Waals surface area contributed by atoms with Crippen LogP contribution >= 0.6 is 23.4 Å². The van der Waals surface area contributed by atoms with E-state index in [1.165, 1.54) is 6.92 Å². The summed E-state index contributed by atoms with van der Waals surface area (Å²) in [5.74, 6) is 0.779. The Balaban J connectivity index is 2.38. The number of nitrogens with one attached hydrogen (secondary N) is 1. The van der Waals surface area contributed by atoms with Gasteiger partial charge >= 0.3 is 0 Å². The second-order valence-electron chi connectivity index (χ2n) is 7.00. The molecule has 2 rings (SSSR count). The molecule has 25 heavy (non-hydrogen) atoms. The van der Waals surface area contributed by atoms with Gasteiger partial charge in [0.15, 0.2) is 0 Å². The first-order valence-electron chi connectivity index (χ1n) is 8.06. The summed E-state index contributed by atoms with van der Waals surface area (Å²) < 4.78 is 5.50. The summed E-state index contributed by atoms with van der Waals surface area (Å²) in [5.41, 5.74) is 2.87. The topological polar surface area (TPSA) is 38.3 Å². The van der Waals surface area contributed by atoms with Gasteiger partial charge in [0.1, 0.15) is 5.75 Å². The van der Waals surface area contributed by atoms with E-state index in [2.05, 4.69) is 32.2 Å². The van der Waals surface area contributed by atoms with Crippen molar-refractivity contribution in [2.75, 3.05) is 12.4 Å². The summed E-state index contributed by atoms with van der Waals surface area (Å²) >= 11 is 8.08. The summed E-state index contributed by atoms with van der Waals surface area (Å²) in [6.07, 6.45) is 0. The SMILES string of the molecule is COc1ccc(Sc2c(C)cc(NC(C)=O)cc2Cl)cc1C(C)(C)C. The molecule has 0 bridgehead atoms. The molecule has 0 heterocycles. The van der Waals surface area contributed by atoms with Crippen molar-refractivity contribution >= 4 is 35.0 Å². The van der Waals surface area contributed by atoms with Gasteiger partial charge in [0.05, 0.1) is 12.1 Å². The zero-order chi connectivity index (χ0) is 18.8. The van der Waals surface area contributed by atoms with Gasteiger partial charge in [0.2, 0.25) is 5.91 Å². The lowest BCUT2D eigenvalue weighted by molar-refractivity contribution is -0.114. The lowest BCUT2D eigenvalue weighted by Gasteiger charge is -2.23. The molecule has 134 valence electrons. The first kappa shape index (κ1) is 19.7. The molecule has 1 amide bonds. The maximum absolute atomic E-state index is 11.2. The Hall–Kier alpha value is -1.65.